The van der Waals surface area contributed by atoms with E-state index >= 15 is 0 Å². The fraction of sp³-hybridized carbons (Fsp3) is 0.471. The molecule has 0 radical (unpaired) electrons. The number of aromatic carboxylic acids is 1. The summed E-state index contributed by atoms with van der Waals surface area (Å²) >= 11 is 0. The van der Waals surface area contributed by atoms with Gasteiger partial charge in [0.25, 0.3) is 0 Å². The van der Waals surface area contributed by atoms with Gasteiger partial charge in [0, 0.05) is 23.1 Å². The maximum atomic E-state index is 11.2. The molecule has 108 valence electrons. The number of hydrogen-bond acceptors (Lipinski definition) is 1. The number of aromatic nitrogens is 1. The maximum Gasteiger partial charge on any atom is 0.335 e. The fourth-order valence-electron chi connectivity index (χ4n) is 2.85. The number of carbonyl (C=O) groups is 1. The smallest absolute Gasteiger partial charge is 0.335 e. The summed E-state index contributed by atoms with van der Waals surface area (Å²) in [5, 5.41) is 10.3. The minimum atomic E-state index is -0.853. The van der Waals surface area contributed by atoms with Crippen LogP contribution in [0.3, 0.4) is 0 Å². The van der Waals surface area contributed by atoms with Crippen molar-refractivity contribution in [3.05, 3.63) is 35.0 Å². The molecule has 0 saturated heterocycles. The second kappa shape index (κ2) is 6.12. The minimum Gasteiger partial charge on any atom is -0.478 e. The van der Waals surface area contributed by atoms with Gasteiger partial charge in [-0.3, -0.25) is 0 Å². The van der Waals surface area contributed by atoms with E-state index in [0.29, 0.717) is 5.56 Å². The lowest BCUT2D eigenvalue weighted by molar-refractivity contribution is 0.0697. The van der Waals surface area contributed by atoms with Crippen molar-refractivity contribution in [1.82, 2.24) is 4.57 Å². The van der Waals surface area contributed by atoms with Crippen molar-refractivity contribution in [3.63, 3.8) is 0 Å². The molecule has 0 amide bonds. The summed E-state index contributed by atoms with van der Waals surface area (Å²) < 4.78 is 2.34. The van der Waals surface area contributed by atoms with Crippen molar-refractivity contribution in [3.8, 4) is 0 Å². The van der Waals surface area contributed by atoms with E-state index in [1.807, 2.05) is 12.1 Å². The van der Waals surface area contributed by atoms with Gasteiger partial charge in [-0.05, 0) is 43.5 Å². The first-order valence-electron chi connectivity index (χ1n) is 7.45. The lowest BCUT2D eigenvalue weighted by Crippen LogP contribution is -2.01. The van der Waals surface area contributed by atoms with Gasteiger partial charge < -0.3 is 9.67 Å². The Kier molecular flexibility index (Phi) is 4.48. The van der Waals surface area contributed by atoms with E-state index in [0.717, 1.165) is 37.6 Å². The van der Waals surface area contributed by atoms with Crippen LogP contribution >= 0.6 is 0 Å². The highest BCUT2D eigenvalue weighted by atomic mass is 16.4. The summed E-state index contributed by atoms with van der Waals surface area (Å²) in [5.74, 6) is -0.853. The van der Waals surface area contributed by atoms with Crippen LogP contribution in [0.1, 0.15) is 54.7 Å². The standard InChI is InChI=1S/C17H23NO2/c1-4-6-10-18-12(3)14(7-5-2)15-11-13(17(19)20)8-9-16(15)18/h8-9,11H,4-7,10H2,1-3H3,(H,19,20). The van der Waals surface area contributed by atoms with Gasteiger partial charge in [-0.15, -0.1) is 0 Å². The van der Waals surface area contributed by atoms with E-state index in [1.54, 1.807) is 6.07 Å². The zero-order valence-electron chi connectivity index (χ0n) is 12.6. The molecule has 20 heavy (non-hydrogen) atoms. The van der Waals surface area contributed by atoms with Crippen molar-refractivity contribution < 1.29 is 9.90 Å². The van der Waals surface area contributed by atoms with Crippen LogP contribution in [0.4, 0.5) is 0 Å². The number of benzene rings is 1. The van der Waals surface area contributed by atoms with Crippen LogP contribution in [0.5, 0.6) is 0 Å². The normalized spacial score (nSPS) is 11.2. The third kappa shape index (κ3) is 2.58. The molecule has 0 spiro atoms. The quantitative estimate of drug-likeness (QED) is 0.847. The lowest BCUT2D eigenvalue weighted by Gasteiger charge is -2.07. The van der Waals surface area contributed by atoms with Gasteiger partial charge in [0.15, 0.2) is 0 Å². The molecule has 0 unspecified atom stereocenters. The third-order valence-electron chi connectivity index (χ3n) is 3.94. The number of carboxylic acid groups (broad SMARTS) is 1. The molecule has 0 atom stereocenters. The highest BCUT2D eigenvalue weighted by Crippen LogP contribution is 2.28. The minimum absolute atomic E-state index is 0.377. The zero-order valence-corrected chi connectivity index (χ0v) is 12.6. The number of unbranched alkanes of at least 4 members (excludes halogenated alkanes) is 1. The van der Waals surface area contributed by atoms with Crippen molar-refractivity contribution >= 4 is 16.9 Å². The molecule has 3 heteroatoms. The van der Waals surface area contributed by atoms with Crippen LogP contribution in [0.15, 0.2) is 18.2 Å². The molecule has 0 bridgehead atoms. The Balaban J connectivity index is 2.62. The number of aryl methyl sites for hydroxylation is 2. The van der Waals surface area contributed by atoms with Crippen molar-refractivity contribution in [2.24, 2.45) is 0 Å². The molecule has 0 aliphatic heterocycles. The van der Waals surface area contributed by atoms with Gasteiger partial charge in [-0.1, -0.05) is 26.7 Å². The van der Waals surface area contributed by atoms with E-state index < -0.39 is 5.97 Å². The van der Waals surface area contributed by atoms with E-state index in [2.05, 4.69) is 25.3 Å². The first kappa shape index (κ1) is 14.6. The number of hydrogen-bond donors (Lipinski definition) is 1. The lowest BCUT2D eigenvalue weighted by atomic mass is 10.0. The molecule has 0 aliphatic carbocycles. The first-order chi connectivity index (χ1) is 9.60. The molecular weight excluding hydrogens is 250 g/mol. The van der Waals surface area contributed by atoms with Gasteiger partial charge in [-0.25, -0.2) is 4.79 Å². The molecule has 1 aromatic heterocycles. The monoisotopic (exact) mass is 273 g/mol. The van der Waals surface area contributed by atoms with Crippen molar-refractivity contribution in [2.45, 2.75) is 53.0 Å². The molecule has 1 heterocycles. The topological polar surface area (TPSA) is 42.2 Å². The average Bonchev–Trinajstić information content (AvgIpc) is 2.69. The van der Waals surface area contributed by atoms with Crippen molar-refractivity contribution in [1.29, 1.82) is 0 Å². The molecule has 1 aromatic carbocycles. The number of carboxylic acids is 1. The van der Waals surface area contributed by atoms with Crippen molar-refractivity contribution in [2.75, 3.05) is 0 Å². The Morgan fingerprint density at radius 3 is 2.60 bits per heavy atom. The summed E-state index contributed by atoms with van der Waals surface area (Å²) in [7, 11) is 0. The predicted octanol–water partition coefficient (Wildman–Crippen LogP) is 4.40. The van der Waals surface area contributed by atoms with Crippen LogP contribution in [0, 0.1) is 6.92 Å². The van der Waals surface area contributed by atoms with Gasteiger partial charge in [0.1, 0.15) is 0 Å². The summed E-state index contributed by atoms with van der Waals surface area (Å²) in [6, 6.07) is 5.50. The third-order valence-corrected chi connectivity index (χ3v) is 3.94. The van der Waals surface area contributed by atoms with Crippen LogP contribution in [-0.4, -0.2) is 15.6 Å². The second-order valence-electron chi connectivity index (χ2n) is 5.36. The van der Waals surface area contributed by atoms with Gasteiger partial charge in [0.05, 0.1) is 5.56 Å². The molecule has 0 saturated carbocycles. The van der Waals surface area contributed by atoms with Gasteiger partial charge in [0.2, 0.25) is 0 Å². The first-order valence-corrected chi connectivity index (χ1v) is 7.45. The summed E-state index contributed by atoms with van der Waals surface area (Å²) in [6.07, 6.45) is 4.39. The zero-order chi connectivity index (χ0) is 14.7. The number of rotatable bonds is 6. The maximum absolute atomic E-state index is 11.2. The SMILES string of the molecule is CCCCn1c(C)c(CCC)c2cc(C(=O)O)ccc21. The van der Waals surface area contributed by atoms with Crippen LogP contribution in [0.2, 0.25) is 0 Å². The summed E-state index contributed by atoms with van der Waals surface area (Å²) in [4.78, 5) is 11.2. The van der Waals surface area contributed by atoms with Gasteiger partial charge >= 0.3 is 5.97 Å². The molecule has 2 rings (SSSR count). The Morgan fingerprint density at radius 1 is 1.25 bits per heavy atom. The molecule has 0 aliphatic rings. The molecular formula is C17H23NO2. The number of nitrogens with zero attached hydrogens (tertiary/aromatic N) is 1. The Morgan fingerprint density at radius 2 is 2.00 bits per heavy atom. The predicted molar refractivity (Wildman–Crippen MR) is 82.5 cm³/mol. The van der Waals surface area contributed by atoms with Crippen LogP contribution in [0.25, 0.3) is 10.9 Å². The van der Waals surface area contributed by atoms with E-state index in [9.17, 15) is 9.90 Å². The molecule has 3 nitrogen and oxygen atoms in total. The largest absolute Gasteiger partial charge is 0.478 e. The van der Waals surface area contributed by atoms with E-state index in [-0.39, 0.29) is 0 Å². The number of fused-ring (bicyclic) bond motifs is 1. The van der Waals surface area contributed by atoms with Gasteiger partial charge in [-0.2, -0.15) is 0 Å². The average molecular weight is 273 g/mol. The van der Waals surface area contributed by atoms with Crippen LogP contribution < -0.4 is 0 Å². The Hall–Kier alpha value is -1.77. The Labute approximate surface area is 120 Å². The van der Waals surface area contributed by atoms with E-state index in [4.69, 9.17) is 0 Å². The summed E-state index contributed by atoms with van der Waals surface area (Å²) in [5.41, 5.74) is 4.14. The second-order valence-corrected chi connectivity index (χ2v) is 5.36. The molecule has 1 N–H and O–H groups in total. The molecule has 2 aromatic rings. The van der Waals surface area contributed by atoms with Crippen LogP contribution in [-0.2, 0) is 13.0 Å². The molecule has 0 fully saturated rings. The highest BCUT2D eigenvalue weighted by molar-refractivity contribution is 5.95. The summed E-state index contributed by atoms with van der Waals surface area (Å²) in [6.45, 7) is 7.52. The Bertz CT molecular complexity index is 625. The van der Waals surface area contributed by atoms with E-state index in [1.165, 1.54) is 16.8 Å². The highest BCUT2D eigenvalue weighted by Gasteiger charge is 2.15. The fourth-order valence-corrected chi connectivity index (χ4v) is 2.85.